The minimum Gasteiger partial charge on any atom is -0.481 e. The second kappa shape index (κ2) is 19.5. The Morgan fingerprint density at radius 3 is 1.69 bits per heavy atom. The highest BCUT2D eigenvalue weighted by Crippen LogP contribution is 2.17. The van der Waals surface area contributed by atoms with Crippen molar-refractivity contribution in [3.63, 3.8) is 0 Å². The van der Waals surface area contributed by atoms with Crippen LogP contribution in [0.2, 0.25) is 0 Å². The average Bonchev–Trinajstić information content (AvgIpc) is 3.06. The third-order valence-electron chi connectivity index (χ3n) is 3.26. The summed E-state index contributed by atoms with van der Waals surface area (Å²) in [4.78, 5) is 28.0. The molecule has 0 saturated carbocycles. The van der Waals surface area contributed by atoms with Crippen molar-refractivity contribution >= 4 is 38.6 Å². The summed E-state index contributed by atoms with van der Waals surface area (Å²) in [6.07, 6.45) is 12.9. The molecular weight excluding hydrogens is 474 g/mol. The van der Waals surface area contributed by atoms with E-state index >= 15 is 0 Å². The lowest BCUT2D eigenvalue weighted by atomic mass is 10.1. The summed E-state index contributed by atoms with van der Waals surface area (Å²) in [6.45, 7) is 4.09. The minimum atomic E-state index is -3.59. The van der Waals surface area contributed by atoms with Gasteiger partial charge in [0.25, 0.3) is 11.9 Å². The largest absolute Gasteiger partial charge is 0.481 e. The summed E-state index contributed by atoms with van der Waals surface area (Å²) in [5.41, 5.74) is 4.76. The Hall–Kier alpha value is -3.96. The number of rotatable bonds is 3. The molecule has 0 spiro atoms. The fourth-order valence-corrected chi connectivity index (χ4v) is 2.55. The van der Waals surface area contributed by atoms with Crippen LogP contribution in [0.1, 0.15) is 33.6 Å². The molecule has 1 aliphatic rings. The van der Waals surface area contributed by atoms with Crippen LogP contribution in [-0.4, -0.2) is 36.5 Å². The van der Waals surface area contributed by atoms with Gasteiger partial charge in [-0.3, -0.25) is 14.4 Å². The van der Waals surface area contributed by atoms with Gasteiger partial charge < -0.3 is 21.3 Å². The molecule has 0 fully saturated rings. The summed E-state index contributed by atoms with van der Waals surface area (Å²) in [6, 6.07) is 12.4. The molecule has 0 unspecified atom stereocenters. The van der Waals surface area contributed by atoms with E-state index in [9.17, 15) is 13.2 Å². The number of sulfonamides is 1. The van der Waals surface area contributed by atoms with Crippen molar-refractivity contribution in [3.05, 3.63) is 79.2 Å². The van der Waals surface area contributed by atoms with Crippen molar-refractivity contribution in [2.45, 2.75) is 38.5 Å². The number of nitrogens with one attached hydrogen (secondary N) is 1. The van der Waals surface area contributed by atoms with Gasteiger partial charge in [0.05, 0.1) is 4.90 Å². The number of hydrogen-bond donors (Lipinski definition) is 5. The molecule has 10 nitrogen and oxygen atoms in total. The first-order valence-electron chi connectivity index (χ1n) is 10.2. The molecule has 0 bridgehead atoms. The highest BCUT2D eigenvalue weighted by atomic mass is 32.2. The fraction of sp³-hybridized carbons (Fsp3) is 0.208. The maximum absolute atomic E-state index is 11.1. The lowest BCUT2D eigenvalue weighted by Gasteiger charge is -2.00. The Labute approximate surface area is 205 Å². The molecule has 2 aromatic rings. The van der Waals surface area contributed by atoms with Gasteiger partial charge in [-0.2, -0.15) is 0 Å². The molecule has 0 radical (unpaired) electrons. The molecule has 0 aromatic heterocycles. The second-order valence-corrected chi connectivity index (χ2v) is 8.14. The zero-order chi connectivity index (χ0) is 27.3. The number of carboxylic acids is 2. The van der Waals surface area contributed by atoms with Crippen molar-refractivity contribution in [3.8, 4) is 0 Å². The molecule has 1 aliphatic heterocycles. The zero-order valence-electron chi connectivity index (χ0n) is 19.9. The van der Waals surface area contributed by atoms with Gasteiger partial charge in [0.2, 0.25) is 15.9 Å². The second-order valence-electron chi connectivity index (χ2n) is 6.58. The van der Waals surface area contributed by atoms with Gasteiger partial charge in [-0.25, -0.2) is 13.6 Å². The third-order valence-corrected chi connectivity index (χ3v) is 4.18. The number of carbonyl (C=O) groups excluding carboxylic acids is 1. The maximum atomic E-state index is 11.1. The van der Waals surface area contributed by atoms with Crippen molar-refractivity contribution in [2.75, 3.05) is 0 Å². The maximum Gasteiger partial charge on any atom is 0.300 e. The van der Waals surface area contributed by atoms with E-state index in [-0.39, 0.29) is 10.8 Å². The fourth-order valence-electron chi connectivity index (χ4n) is 2.00. The lowest BCUT2D eigenvalue weighted by molar-refractivity contribution is -0.135. The van der Waals surface area contributed by atoms with Gasteiger partial charge in [-0.15, -0.1) is 0 Å². The van der Waals surface area contributed by atoms with Crippen LogP contribution in [0.3, 0.4) is 0 Å². The summed E-state index contributed by atoms with van der Waals surface area (Å²) in [5, 5.41) is 24.7. The van der Waals surface area contributed by atoms with Crippen LogP contribution in [0.25, 0.3) is 10.8 Å². The number of primary sulfonamides is 1. The topological polar surface area (TPSA) is 190 Å². The van der Waals surface area contributed by atoms with Crippen molar-refractivity contribution in [2.24, 2.45) is 10.9 Å². The van der Waals surface area contributed by atoms with Gasteiger partial charge in [0.15, 0.2) is 0 Å². The first kappa shape index (κ1) is 33.2. The number of nitrogens with two attached hydrogens (primary N) is 2. The van der Waals surface area contributed by atoms with E-state index in [1.807, 2.05) is 67.9 Å². The highest BCUT2D eigenvalue weighted by molar-refractivity contribution is 7.89. The smallest absolute Gasteiger partial charge is 0.300 e. The van der Waals surface area contributed by atoms with Crippen LogP contribution in [0, 0.1) is 0 Å². The highest BCUT2D eigenvalue weighted by Gasteiger charge is 2.07. The van der Waals surface area contributed by atoms with E-state index in [1.165, 1.54) is 6.07 Å². The Kier molecular flexibility index (Phi) is 18.5. The Balaban J connectivity index is 0. The number of fused-ring (bicyclic) bond motifs is 1. The van der Waals surface area contributed by atoms with Gasteiger partial charge >= 0.3 is 0 Å². The van der Waals surface area contributed by atoms with Crippen LogP contribution in [0.15, 0.2) is 84.1 Å². The third kappa shape index (κ3) is 23.0. The SMILES string of the molecule is C1=CC=CNC=C1.CC(=O)O.CC(=O)O.CCCC(N)=O.NS(=O)(=O)c1ccc2ccccc2c1. The summed E-state index contributed by atoms with van der Waals surface area (Å²) in [7, 11) is -3.59. The molecule has 11 heteroatoms. The first-order chi connectivity index (χ1) is 16.3. The van der Waals surface area contributed by atoms with Crippen molar-refractivity contribution in [1.82, 2.24) is 5.32 Å². The van der Waals surface area contributed by atoms with Crippen LogP contribution >= 0.6 is 0 Å². The zero-order valence-corrected chi connectivity index (χ0v) is 20.7. The Morgan fingerprint density at radius 1 is 0.857 bits per heavy atom. The molecule has 1 heterocycles. The average molecular weight is 508 g/mol. The van der Waals surface area contributed by atoms with Gasteiger partial charge in [0, 0.05) is 32.7 Å². The molecular formula is C24H33N3O7S. The van der Waals surface area contributed by atoms with Crippen LogP contribution in [-0.2, 0) is 24.4 Å². The van der Waals surface area contributed by atoms with Crippen molar-refractivity contribution < 1.29 is 33.0 Å². The minimum absolute atomic E-state index is 0.149. The number of hydrogen-bond acceptors (Lipinski definition) is 6. The van der Waals surface area contributed by atoms with E-state index in [2.05, 4.69) is 5.32 Å². The quantitative estimate of drug-likeness (QED) is 0.418. The van der Waals surface area contributed by atoms with Gasteiger partial charge in [-0.05, 0) is 41.5 Å². The van der Waals surface area contributed by atoms with Gasteiger partial charge in [0.1, 0.15) is 0 Å². The molecule has 3 rings (SSSR count). The first-order valence-corrected chi connectivity index (χ1v) is 11.8. The predicted molar refractivity (Wildman–Crippen MR) is 137 cm³/mol. The van der Waals surface area contributed by atoms with Crippen LogP contribution in [0.4, 0.5) is 0 Å². The molecule has 7 N–H and O–H groups in total. The summed E-state index contributed by atoms with van der Waals surface area (Å²) in [5.74, 6) is -1.88. The van der Waals surface area contributed by atoms with Crippen LogP contribution in [0.5, 0.6) is 0 Å². The van der Waals surface area contributed by atoms with Crippen molar-refractivity contribution in [1.29, 1.82) is 0 Å². The number of benzene rings is 2. The van der Waals surface area contributed by atoms with Gasteiger partial charge in [-0.1, -0.05) is 49.4 Å². The number of allylic oxidation sites excluding steroid dienone is 4. The molecule has 0 aliphatic carbocycles. The molecule has 1 amide bonds. The summed E-state index contributed by atoms with van der Waals surface area (Å²) < 4.78 is 22.1. The number of carboxylic acid groups (broad SMARTS) is 2. The molecule has 35 heavy (non-hydrogen) atoms. The van der Waals surface area contributed by atoms with E-state index in [1.54, 1.807) is 12.1 Å². The Morgan fingerprint density at radius 2 is 1.31 bits per heavy atom. The lowest BCUT2D eigenvalue weighted by Crippen LogP contribution is -2.11. The normalized spacial score (nSPS) is 10.7. The molecule has 192 valence electrons. The molecule has 0 saturated heterocycles. The van der Waals surface area contributed by atoms with Crippen LogP contribution < -0.4 is 16.2 Å². The number of amides is 1. The van der Waals surface area contributed by atoms with E-state index in [0.29, 0.717) is 6.42 Å². The number of carbonyl (C=O) groups is 3. The summed E-state index contributed by atoms with van der Waals surface area (Å²) >= 11 is 0. The number of aliphatic carboxylic acids is 2. The Bertz CT molecular complexity index is 1090. The molecule has 0 atom stereocenters. The molecule has 2 aromatic carbocycles. The van der Waals surface area contributed by atoms with E-state index in [0.717, 1.165) is 31.0 Å². The van der Waals surface area contributed by atoms with E-state index in [4.69, 9.17) is 30.7 Å². The standard InChI is InChI=1S/C10H9NO2S.C6H7N.C4H9NO.2C2H4O2/c11-14(12,13)10-6-5-8-3-1-2-4-9(8)7-10;1-2-4-6-7-5-3-1;1-2-3-4(5)6;2*1-2(3)4/h1-7H,(H2,11,12,13);1-7H;2-3H2,1H3,(H2,5,6);2*1H3,(H,3,4). The monoisotopic (exact) mass is 507 g/mol. The number of primary amides is 1. The predicted octanol–water partition coefficient (Wildman–Crippen LogP) is 3.11. The van der Waals surface area contributed by atoms with E-state index < -0.39 is 22.0 Å².